The van der Waals surface area contributed by atoms with E-state index in [0.717, 1.165) is 18.4 Å². The van der Waals surface area contributed by atoms with Crippen molar-refractivity contribution in [3.63, 3.8) is 0 Å². The topological polar surface area (TPSA) is 138 Å². The average Bonchev–Trinajstić information content (AvgIpc) is 3.06. The van der Waals surface area contributed by atoms with Crippen molar-refractivity contribution < 1.29 is 32.6 Å². The fourth-order valence-corrected chi connectivity index (χ4v) is 6.70. The Labute approximate surface area is 284 Å². The van der Waals surface area contributed by atoms with Gasteiger partial charge in [0.05, 0.1) is 35.3 Å². The lowest BCUT2D eigenvalue weighted by molar-refractivity contribution is -0.00833. The van der Waals surface area contributed by atoms with E-state index in [1.807, 2.05) is 39.0 Å². The largest absolute Gasteiger partial charge is 0.490 e. The molecule has 0 radical (unpaired) electrons. The van der Waals surface area contributed by atoms with Gasteiger partial charge in [0.1, 0.15) is 5.75 Å². The number of amides is 3. The number of anilines is 2. The number of carbonyl (C=O) groups is 2. The smallest absolute Gasteiger partial charge is 0.323 e. The summed E-state index contributed by atoms with van der Waals surface area (Å²) in [6, 6.07) is 19.6. The van der Waals surface area contributed by atoms with Gasteiger partial charge in [0.2, 0.25) is 10.0 Å². The molecule has 0 bridgehead atoms. The van der Waals surface area contributed by atoms with Gasteiger partial charge in [-0.3, -0.25) is 4.79 Å². The molecule has 1 aliphatic heterocycles. The van der Waals surface area contributed by atoms with E-state index in [1.54, 1.807) is 66.4 Å². The molecular formula is C36H48N4O7S. The fourth-order valence-electron chi connectivity index (χ4n) is 5.52. The number of hydrogen-bond donors (Lipinski definition) is 3. The van der Waals surface area contributed by atoms with Crippen molar-refractivity contribution in [2.45, 2.75) is 70.1 Å². The number of nitrogens with zero attached hydrogens (tertiary/aromatic N) is 2. The number of carbonyl (C=O) groups excluding carboxylic acids is 2. The van der Waals surface area contributed by atoms with Gasteiger partial charge in [-0.15, -0.1) is 0 Å². The molecular weight excluding hydrogens is 632 g/mol. The predicted molar refractivity (Wildman–Crippen MR) is 187 cm³/mol. The molecule has 1 aliphatic rings. The Balaban J connectivity index is 1.62. The molecule has 0 fully saturated rings. The molecule has 0 aliphatic carbocycles. The predicted octanol–water partition coefficient (Wildman–Crippen LogP) is 5.76. The number of urea groups is 1. The van der Waals surface area contributed by atoms with E-state index >= 15 is 0 Å². The van der Waals surface area contributed by atoms with Crippen molar-refractivity contribution >= 4 is 33.3 Å². The third-order valence-electron chi connectivity index (χ3n) is 8.51. The fraction of sp³-hybridized carbons (Fsp3) is 0.444. The summed E-state index contributed by atoms with van der Waals surface area (Å²) in [5.74, 6) is -0.338. The molecule has 3 N–H and O–H groups in total. The number of likely N-dealkylation sites (N-methyl/N-ethyl adjacent to an activating group) is 1. The van der Waals surface area contributed by atoms with Crippen LogP contribution in [0.4, 0.5) is 16.2 Å². The number of aryl methyl sites for hydroxylation is 1. The lowest BCUT2D eigenvalue weighted by Gasteiger charge is -2.35. The molecule has 0 saturated carbocycles. The Morgan fingerprint density at radius 3 is 2.40 bits per heavy atom. The highest BCUT2D eigenvalue weighted by Gasteiger charge is 2.32. The molecule has 3 aromatic rings. The summed E-state index contributed by atoms with van der Waals surface area (Å²) in [5, 5.41) is 15.8. The number of ether oxygens (including phenoxy) is 2. The minimum Gasteiger partial charge on any atom is -0.490 e. The highest BCUT2D eigenvalue weighted by atomic mass is 32.2. The third-order valence-corrected chi connectivity index (χ3v) is 10.3. The van der Waals surface area contributed by atoms with Gasteiger partial charge in [0, 0.05) is 44.0 Å². The van der Waals surface area contributed by atoms with Crippen LogP contribution < -0.4 is 15.4 Å². The highest BCUT2D eigenvalue weighted by molar-refractivity contribution is 7.89. The Morgan fingerprint density at radius 1 is 1.02 bits per heavy atom. The number of sulfonamides is 1. The first-order valence-corrected chi connectivity index (χ1v) is 17.8. The Morgan fingerprint density at radius 2 is 1.71 bits per heavy atom. The second kappa shape index (κ2) is 16.9. The highest BCUT2D eigenvalue weighted by Crippen LogP contribution is 2.29. The van der Waals surface area contributed by atoms with E-state index in [-0.39, 0.29) is 42.2 Å². The molecule has 1 heterocycles. The summed E-state index contributed by atoms with van der Waals surface area (Å²) in [6.45, 7) is 7.87. The van der Waals surface area contributed by atoms with E-state index in [1.165, 1.54) is 11.4 Å². The maximum Gasteiger partial charge on any atom is 0.323 e. The van der Waals surface area contributed by atoms with Crippen LogP contribution in [-0.2, 0) is 14.8 Å². The number of hydrogen-bond acceptors (Lipinski definition) is 7. The van der Waals surface area contributed by atoms with Gasteiger partial charge < -0.3 is 30.1 Å². The van der Waals surface area contributed by atoms with Crippen LogP contribution in [0.15, 0.2) is 77.7 Å². The minimum atomic E-state index is -3.79. The van der Waals surface area contributed by atoms with Crippen LogP contribution in [-0.4, -0.2) is 86.3 Å². The van der Waals surface area contributed by atoms with Gasteiger partial charge in [-0.05, 0) is 82.5 Å². The molecule has 0 unspecified atom stereocenters. The van der Waals surface area contributed by atoms with Crippen LogP contribution in [0.3, 0.4) is 0 Å². The van der Waals surface area contributed by atoms with Crippen molar-refractivity contribution in [2.75, 3.05) is 44.0 Å². The number of fused-ring (bicyclic) bond motifs is 1. The molecule has 0 spiro atoms. The quantitative estimate of drug-likeness (QED) is 0.275. The van der Waals surface area contributed by atoms with Crippen molar-refractivity contribution in [3.8, 4) is 5.75 Å². The van der Waals surface area contributed by atoms with E-state index in [9.17, 15) is 23.1 Å². The van der Waals surface area contributed by atoms with E-state index in [0.29, 0.717) is 30.2 Å². The van der Waals surface area contributed by atoms with Gasteiger partial charge >= 0.3 is 6.03 Å². The number of aliphatic hydroxyl groups excluding tert-OH is 1. The van der Waals surface area contributed by atoms with Crippen molar-refractivity contribution in [2.24, 2.45) is 5.92 Å². The van der Waals surface area contributed by atoms with Gasteiger partial charge in [-0.1, -0.05) is 42.8 Å². The first kappa shape index (κ1) is 36.9. The number of benzene rings is 3. The molecule has 48 heavy (non-hydrogen) atoms. The van der Waals surface area contributed by atoms with Crippen LogP contribution in [0.1, 0.15) is 56.0 Å². The summed E-state index contributed by atoms with van der Waals surface area (Å²) >= 11 is 0. The minimum absolute atomic E-state index is 0.0770. The Bertz CT molecular complexity index is 1620. The van der Waals surface area contributed by atoms with Crippen molar-refractivity contribution in [1.29, 1.82) is 0 Å². The zero-order valence-corrected chi connectivity index (χ0v) is 29.2. The first-order chi connectivity index (χ1) is 22.9. The van der Waals surface area contributed by atoms with Gasteiger partial charge in [0.25, 0.3) is 5.91 Å². The van der Waals surface area contributed by atoms with Crippen LogP contribution in [0.2, 0.25) is 0 Å². The summed E-state index contributed by atoms with van der Waals surface area (Å²) in [6.07, 6.45) is 1.49. The van der Waals surface area contributed by atoms with E-state index < -0.39 is 34.1 Å². The van der Waals surface area contributed by atoms with Crippen LogP contribution in [0, 0.1) is 12.8 Å². The number of para-hydroxylation sites is 1. The SMILES string of the molecule is Cc1ccc(S(=O)(=O)N(C)C[C@@H]2OCCCC[C@H](C)Oc3ccc(NC(=O)Nc4ccccc4)cc3C(=O)N([C@@H](C)CO)C[C@@H]2C)cc1. The second-order valence-electron chi connectivity index (χ2n) is 12.6. The molecule has 4 atom stereocenters. The monoisotopic (exact) mass is 680 g/mol. The molecule has 0 aromatic heterocycles. The number of aliphatic hydroxyl groups is 1. The number of nitrogens with one attached hydrogen (secondary N) is 2. The van der Waals surface area contributed by atoms with Gasteiger partial charge in [0.15, 0.2) is 0 Å². The standard InChI is InChI=1S/C36H48N4O7S/c1-25-14-17-31(18-15-25)48(44,45)39(5)23-34-26(2)22-40(27(3)24-41)35(42)32-21-30(38-36(43)37-29-12-7-6-8-13-29)16-19-33(32)47-28(4)11-9-10-20-46-34/h6-8,12-19,21,26-28,34,41H,9-11,20,22-24H2,1-5H3,(H2,37,38,43)/t26-,27-,28-,34-/m0/s1. The molecule has 12 heteroatoms. The maximum atomic E-state index is 14.3. The Hall–Kier alpha value is -3.97. The molecule has 0 saturated heterocycles. The van der Waals surface area contributed by atoms with Crippen molar-refractivity contribution in [1.82, 2.24) is 9.21 Å². The van der Waals surface area contributed by atoms with Crippen LogP contribution in [0.25, 0.3) is 0 Å². The first-order valence-electron chi connectivity index (χ1n) is 16.4. The third kappa shape index (κ3) is 9.79. The summed E-state index contributed by atoms with van der Waals surface area (Å²) in [5.41, 5.74) is 2.21. The molecule has 4 rings (SSSR count). The molecule has 260 valence electrons. The van der Waals surface area contributed by atoms with Gasteiger partial charge in [-0.2, -0.15) is 4.31 Å². The normalized spacial score (nSPS) is 20.3. The maximum absolute atomic E-state index is 14.3. The lowest BCUT2D eigenvalue weighted by Crippen LogP contribution is -2.48. The summed E-state index contributed by atoms with van der Waals surface area (Å²) < 4.78 is 40.8. The number of rotatable bonds is 8. The van der Waals surface area contributed by atoms with Crippen molar-refractivity contribution in [3.05, 3.63) is 83.9 Å². The zero-order chi connectivity index (χ0) is 34.8. The summed E-state index contributed by atoms with van der Waals surface area (Å²) in [7, 11) is -2.25. The van der Waals surface area contributed by atoms with E-state index in [2.05, 4.69) is 10.6 Å². The van der Waals surface area contributed by atoms with Gasteiger partial charge in [-0.25, -0.2) is 13.2 Å². The summed E-state index contributed by atoms with van der Waals surface area (Å²) in [4.78, 5) is 28.9. The average molecular weight is 681 g/mol. The Kier molecular flexibility index (Phi) is 13.0. The molecule has 11 nitrogen and oxygen atoms in total. The zero-order valence-electron chi connectivity index (χ0n) is 28.4. The van der Waals surface area contributed by atoms with Crippen LogP contribution >= 0.6 is 0 Å². The molecule has 3 amide bonds. The van der Waals surface area contributed by atoms with E-state index in [4.69, 9.17) is 9.47 Å². The molecule has 3 aromatic carbocycles. The van der Waals surface area contributed by atoms with Crippen LogP contribution in [0.5, 0.6) is 5.75 Å². The lowest BCUT2D eigenvalue weighted by atomic mass is 10.0. The second-order valence-corrected chi connectivity index (χ2v) is 14.6.